The summed E-state index contributed by atoms with van der Waals surface area (Å²) in [7, 11) is 0. The van der Waals surface area contributed by atoms with Crippen molar-refractivity contribution in [1.29, 1.82) is 0 Å². The molecular weight excluding hydrogens is 444 g/mol. The molecule has 0 spiro atoms. The number of hydrogen-bond acceptors (Lipinski definition) is 7. The van der Waals surface area contributed by atoms with Gasteiger partial charge in [-0.05, 0) is 44.0 Å². The average molecular weight is 477 g/mol. The Morgan fingerprint density at radius 2 is 1.91 bits per heavy atom. The van der Waals surface area contributed by atoms with Crippen LogP contribution in [0.15, 0.2) is 41.0 Å². The molecule has 0 atom stereocenters. The van der Waals surface area contributed by atoms with E-state index in [4.69, 9.17) is 10.2 Å². The van der Waals surface area contributed by atoms with Gasteiger partial charge in [0, 0.05) is 56.9 Å². The van der Waals surface area contributed by atoms with Crippen LogP contribution in [0.25, 0.3) is 0 Å². The number of nitrogens with two attached hydrogens (primary N) is 1. The van der Waals surface area contributed by atoms with Crippen LogP contribution in [0.3, 0.4) is 0 Å². The van der Waals surface area contributed by atoms with Gasteiger partial charge in [0.05, 0.1) is 12.8 Å². The third-order valence-corrected chi connectivity index (χ3v) is 7.01. The highest BCUT2D eigenvalue weighted by atomic mass is 16.3. The zero-order valence-electron chi connectivity index (χ0n) is 20.4. The van der Waals surface area contributed by atoms with Crippen molar-refractivity contribution >= 4 is 23.3 Å². The van der Waals surface area contributed by atoms with Gasteiger partial charge in [0.1, 0.15) is 17.3 Å². The SMILES string of the molecule is Cc1ccc(N2CCN(CCC(=O)n3nc(N)c4c3C(=O)N(Cc3ccco3)CC4)CC2)c(C)c1. The molecule has 2 aliphatic rings. The molecule has 3 aromatic rings. The van der Waals surface area contributed by atoms with Crippen LogP contribution in [0.2, 0.25) is 0 Å². The first-order valence-electron chi connectivity index (χ1n) is 12.2. The molecule has 0 bridgehead atoms. The van der Waals surface area contributed by atoms with E-state index in [0.717, 1.165) is 26.2 Å². The Balaban J connectivity index is 1.20. The summed E-state index contributed by atoms with van der Waals surface area (Å²) < 4.78 is 6.62. The topological polar surface area (TPSA) is 101 Å². The fourth-order valence-electron chi connectivity index (χ4n) is 5.09. The van der Waals surface area contributed by atoms with E-state index in [2.05, 4.69) is 46.9 Å². The molecule has 0 aliphatic carbocycles. The Bertz CT molecular complexity index is 1220. The summed E-state index contributed by atoms with van der Waals surface area (Å²) in [6.07, 6.45) is 2.44. The molecule has 0 unspecified atom stereocenters. The Kier molecular flexibility index (Phi) is 6.34. The summed E-state index contributed by atoms with van der Waals surface area (Å²) in [6.45, 7) is 9.37. The average Bonchev–Trinajstić information content (AvgIpc) is 3.48. The van der Waals surface area contributed by atoms with E-state index in [-0.39, 0.29) is 24.1 Å². The van der Waals surface area contributed by atoms with Gasteiger partial charge >= 0.3 is 0 Å². The van der Waals surface area contributed by atoms with Gasteiger partial charge in [-0.3, -0.25) is 14.5 Å². The van der Waals surface area contributed by atoms with Gasteiger partial charge in [-0.1, -0.05) is 17.7 Å². The van der Waals surface area contributed by atoms with Gasteiger partial charge in [0.25, 0.3) is 5.91 Å². The normalized spacial score (nSPS) is 16.6. The number of nitrogens with zero attached hydrogens (tertiary/aromatic N) is 5. The van der Waals surface area contributed by atoms with E-state index in [1.807, 2.05) is 6.07 Å². The van der Waals surface area contributed by atoms with Crippen molar-refractivity contribution in [2.45, 2.75) is 33.2 Å². The second kappa shape index (κ2) is 9.58. The van der Waals surface area contributed by atoms with Gasteiger partial charge in [0.15, 0.2) is 0 Å². The van der Waals surface area contributed by atoms with Crippen LogP contribution < -0.4 is 10.6 Å². The van der Waals surface area contributed by atoms with E-state index in [0.29, 0.717) is 43.1 Å². The molecule has 1 saturated heterocycles. The minimum absolute atomic E-state index is 0.206. The monoisotopic (exact) mass is 476 g/mol. The molecule has 0 saturated carbocycles. The molecule has 1 fully saturated rings. The van der Waals surface area contributed by atoms with Crippen LogP contribution in [-0.4, -0.2) is 70.7 Å². The third kappa shape index (κ3) is 4.68. The van der Waals surface area contributed by atoms with Crippen LogP contribution in [0.5, 0.6) is 0 Å². The molecular formula is C26H32N6O3. The predicted molar refractivity (Wildman–Crippen MR) is 134 cm³/mol. The highest BCUT2D eigenvalue weighted by Crippen LogP contribution is 2.26. The number of benzene rings is 1. The Hall–Kier alpha value is -3.59. The number of furan rings is 1. The molecule has 2 aromatic heterocycles. The van der Waals surface area contributed by atoms with Crippen LogP contribution in [0.4, 0.5) is 11.5 Å². The largest absolute Gasteiger partial charge is 0.467 e. The molecule has 9 heteroatoms. The van der Waals surface area contributed by atoms with Gasteiger partial charge in [0.2, 0.25) is 5.91 Å². The number of nitrogen functional groups attached to an aromatic ring is 1. The number of aryl methyl sites for hydroxylation is 2. The summed E-state index contributed by atoms with van der Waals surface area (Å²) in [5.74, 6) is 0.527. The highest BCUT2D eigenvalue weighted by molar-refractivity contribution is 6.00. The fourth-order valence-corrected chi connectivity index (χ4v) is 5.09. The maximum Gasteiger partial charge on any atom is 0.273 e. The lowest BCUT2D eigenvalue weighted by molar-refractivity contribution is 0.0683. The lowest BCUT2D eigenvalue weighted by atomic mass is 10.1. The fraction of sp³-hybridized carbons (Fsp3) is 0.423. The van der Waals surface area contributed by atoms with Crippen LogP contribution in [0, 0.1) is 13.8 Å². The standard InChI is InChI=1S/C26H32N6O3/c1-18-5-6-22(19(2)16-18)30-13-11-29(12-14-30)9-8-23(33)32-24-21(25(27)28-32)7-10-31(26(24)34)17-20-4-3-15-35-20/h3-6,15-16H,7-14,17H2,1-2H3,(H2,27,28). The van der Waals surface area contributed by atoms with Gasteiger partial charge in [-0.25, -0.2) is 0 Å². The summed E-state index contributed by atoms with van der Waals surface area (Å²) in [5, 5.41) is 4.25. The summed E-state index contributed by atoms with van der Waals surface area (Å²) in [5.41, 5.74) is 10.9. The van der Waals surface area contributed by atoms with Crippen molar-refractivity contribution in [3.63, 3.8) is 0 Å². The first-order valence-corrected chi connectivity index (χ1v) is 12.2. The summed E-state index contributed by atoms with van der Waals surface area (Å²) >= 11 is 0. The van der Waals surface area contributed by atoms with E-state index in [1.54, 1.807) is 17.2 Å². The van der Waals surface area contributed by atoms with Crippen LogP contribution >= 0.6 is 0 Å². The minimum atomic E-state index is -0.234. The first-order chi connectivity index (χ1) is 16.9. The van der Waals surface area contributed by atoms with Gasteiger partial charge in [-0.2, -0.15) is 4.68 Å². The van der Waals surface area contributed by atoms with E-state index in [1.165, 1.54) is 21.5 Å². The molecule has 9 nitrogen and oxygen atoms in total. The van der Waals surface area contributed by atoms with Crippen molar-refractivity contribution in [1.82, 2.24) is 19.6 Å². The molecule has 2 N–H and O–H groups in total. The van der Waals surface area contributed by atoms with E-state index < -0.39 is 0 Å². The quantitative estimate of drug-likeness (QED) is 0.584. The zero-order valence-corrected chi connectivity index (χ0v) is 20.4. The lowest BCUT2D eigenvalue weighted by Crippen LogP contribution is -2.47. The summed E-state index contributed by atoms with van der Waals surface area (Å²) in [6, 6.07) is 10.2. The Labute approximate surface area is 205 Å². The van der Waals surface area contributed by atoms with Crippen molar-refractivity contribution < 1.29 is 14.0 Å². The summed E-state index contributed by atoms with van der Waals surface area (Å²) in [4.78, 5) is 32.7. The first kappa shape index (κ1) is 23.2. The van der Waals surface area contributed by atoms with Crippen molar-refractivity contribution in [2.75, 3.05) is 49.9 Å². The van der Waals surface area contributed by atoms with Crippen LogP contribution in [0.1, 0.15) is 44.2 Å². The molecule has 4 heterocycles. The minimum Gasteiger partial charge on any atom is -0.467 e. The van der Waals surface area contributed by atoms with Crippen molar-refractivity contribution in [3.05, 3.63) is 64.7 Å². The van der Waals surface area contributed by atoms with Crippen molar-refractivity contribution in [2.24, 2.45) is 0 Å². The van der Waals surface area contributed by atoms with Gasteiger partial charge in [-0.15, -0.1) is 5.10 Å². The number of carbonyl (C=O) groups excluding carboxylic acids is 2. The zero-order chi connectivity index (χ0) is 24.5. The number of amides is 1. The number of aromatic nitrogens is 2. The van der Waals surface area contributed by atoms with Crippen LogP contribution in [-0.2, 0) is 13.0 Å². The second-order valence-corrected chi connectivity index (χ2v) is 9.44. The molecule has 35 heavy (non-hydrogen) atoms. The molecule has 184 valence electrons. The highest BCUT2D eigenvalue weighted by Gasteiger charge is 2.33. The predicted octanol–water partition coefficient (Wildman–Crippen LogP) is 2.73. The number of hydrogen-bond donors (Lipinski definition) is 1. The number of anilines is 2. The third-order valence-electron chi connectivity index (χ3n) is 7.01. The number of rotatable bonds is 6. The van der Waals surface area contributed by atoms with Crippen molar-refractivity contribution in [3.8, 4) is 0 Å². The Morgan fingerprint density at radius 1 is 1.11 bits per heavy atom. The van der Waals surface area contributed by atoms with E-state index in [9.17, 15) is 9.59 Å². The molecule has 2 aliphatic heterocycles. The smallest absolute Gasteiger partial charge is 0.273 e. The number of carbonyl (C=O) groups is 2. The maximum atomic E-state index is 13.2. The molecule has 1 amide bonds. The maximum absolute atomic E-state index is 13.2. The number of fused-ring (bicyclic) bond motifs is 1. The molecule has 5 rings (SSSR count). The Morgan fingerprint density at radius 3 is 2.63 bits per heavy atom. The van der Waals surface area contributed by atoms with Gasteiger partial charge < -0.3 is 20.0 Å². The molecule has 1 aromatic carbocycles. The molecule has 0 radical (unpaired) electrons. The second-order valence-electron chi connectivity index (χ2n) is 9.44. The number of piperazine rings is 1. The van der Waals surface area contributed by atoms with E-state index >= 15 is 0 Å². The lowest BCUT2D eigenvalue weighted by Gasteiger charge is -2.36.